The van der Waals surface area contributed by atoms with Crippen LogP contribution >= 0.6 is 0 Å². The summed E-state index contributed by atoms with van der Waals surface area (Å²) in [4.78, 5) is 0. The monoisotopic (exact) mass is 712 g/mol. The van der Waals surface area contributed by atoms with Gasteiger partial charge in [-0.2, -0.15) is 0 Å². The first-order valence-electron chi connectivity index (χ1n) is 18.6. The summed E-state index contributed by atoms with van der Waals surface area (Å²) in [5.41, 5.74) is 3.96. The van der Waals surface area contributed by atoms with Gasteiger partial charge in [-0.05, 0) is 67.4 Å². The highest BCUT2D eigenvalue weighted by atomic mass is 16.6. The summed E-state index contributed by atoms with van der Waals surface area (Å²) in [6.07, 6.45) is 0. The van der Waals surface area contributed by atoms with E-state index in [1.54, 1.807) is 0 Å². The van der Waals surface area contributed by atoms with E-state index >= 15 is 0 Å². The van der Waals surface area contributed by atoms with Gasteiger partial charge in [-0.25, -0.2) is 0 Å². The van der Waals surface area contributed by atoms with Crippen molar-refractivity contribution in [2.45, 2.75) is 0 Å². The van der Waals surface area contributed by atoms with Crippen molar-refractivity contribution in [3.8, 4) is 45.3 Å². The Kier molecular flexibility index (Phi) is 9.68. The predicted octanol–water partition coefficient (Wildman–Crippen LogP) is 10.9. The molecule has 1 aliphatic rings. The highest BCUT2D eigenvalue weighted by molar-refractivity contribution is 6.11. The van der Waals surface area contributed by atoms with Crippen molar-refractivity contribution in [1.29, 1.82) is 0 Å². The zero-order valence-corrected chi connectivity index (χ0v) is 30.0. The Hall–Kier alpha value is -6.08. The SMILES string of the molecule is c1ccc2c3c(ccc2c1)OCCOCCOCCOc1ccc2ccccc2c1-c1c(ccc2ccccc12)OCCOc1ccc2ccccc2c1-3. The molecule has 0 atom stereocenters. The van der Waals surface area contributed by atoms with E-state index in [4.69, 9.17) is 28.4 Å². The molecule has 1 heterocycles. The lowest BCUT2D eigenvalue weighted by atomic mass is 9.92. The first-order chi connectivity index (χ1) is 26.8. The maximum Gasteiger partial charge on any atom is 0.128 e. The summed E-state index contributed by atoms with van der Waals surface area (Å²) in [5.74, 6) is 3.07. The van der Waals surface area contributed by atoms with Gasteiger partial charge >= 0.3 is 0 Å². The van der Waals surface area contributed by atoms with Gasteiger partial charge in [-0.3, -0.25) is 0 Å². The minimum Gasteiger partial charge on any atom is -0.491 e. The molecule has 1 aliphatic heterocycles. The summed E-state index contributed by atoms with van der Waals surface area (Å²) in [6, 6.07) is 50.3. The molecule has 0 unspecified atom stereocenters. The van der Waals surface area contributed by atoms with Gasteiger partial charge < -0.3 is 28.4 Å². The predicted molar refractivity (Wildman–Crippen MR) is 217 cm³/mol. The molecular weight excluding hydrogens is 673 g/mol. The van der Waals surface area contributed by atoms with Gasteiger partial charge in [0, 0.05) is 22.3 Å². The van der Waals surface area contributed by atoms with Crippen molar-refractivity contribution in [2.24, 2.45) is 0 Å². The molecule has 6 nitrogen and oxygen atoms in total. The lowest BCUT2D eigenvalue weighted by Gasteiger charge is -2.21. The molecule has 0 radical (unpaired) electrons. The van der Waals surface area contributed by atoms with Crippen molar-refractivity contribution in [3.63, 3.8) is 0 Å². The molecule has 0 aromatic heterocycles. The van der Waals surface area contributed by atoms with Crippen LogP contribution in [0.15, 0.2) is 146 Å². The zero-order valence-electron chi connectivity index (χ0n) is 30.0. The van der Waals surface area contributed by atoms with E-state index in [2.05, 4.69) is 146 Å². The third-order valence-corrected chi connectivity index (χ3v) is 10.0. The van der Waals surface area contributed by atoms with Gasteiger partial charge in [0.05, 0.1) is 26.4 Å². The Morgan fingerprint density at radius 3 is 0.778 bits per heavy atom. The number of rotatable bonds is 0. The number of hydrogen-bond donors (Lipinski definition) is 0. The highest BCUT2D eigenvalue weighted by Gasteiger charge is 2.21. The summed E-state index contributed by atoms with van der Waals surface area (Å²) in [5, 5.41) is 8.83. The van der Waals surface area contributed by atoms with Crippen LogP contribution in [0.3, 0.4) is 0 Å². The third-order valence-electron chi connectivity index (χ3n) is 10.0. The summed E-state index contributed by atoms with van der Waals surface area (Å²) in [7, 11) is 0. The Bertz CT molecular complexity index is 2410. The van der Waals surface area contributed by atoms with E-state index in [1.807, 2.05) is 0 Å². The fraction of sp³-hybridized carbons (Fsp3) is 0.167. The minimum absolute atomic E-state index is 0.322. The van der Waals surface area contributed by atoms with Crippen LogP contribution < -0.4 is 18.9 Å². The molecule has 0 amide bonds. The van der Waals surface area contributed by atoms with E-state index < -0.39 is 0 Å². The Balaban J connectivity index is 1.15. The lowest BCUT2D eigenvalue weighted by Crippen LogP contribution is -2.14. The van der Waals surface area contributed by atoms with Crippen LogP contribution in [0.5, 0.6) is 23.0 Å². The number of fused-ring (bicyclic) bond motifs is 14. The minimum atomic E-state index is 0.322. The van der Waals surface area contributed by atoms with Crippen LogP contribution in [0.2, 0.25) is 0 Å². The zero-order chi connectivity index (χ0) is 36.1. The third kappa shape index (κ3) is 6.66. The number of hydrogen-bond acceptors (Lipinski definition) is 6. The summed E-state index contributed by atoms with van der Waals surface area (Å²) >= 11 is 0. The van der Waals surface area contributed by atoms with Crippen molar-refractivity contribution in [3.05, 3.63) is 146 Å². The van der Waals surface area contributed by atoms with Crippen LogP contribution in [0.25, 0.3) is 65.3 Å². The Morgan fingerprint density at radius 2 is 0.481 bits per heavy atom. The first-order valence-corrected chi connectivity index (χ1v) is 18.6. The summed E-state index contributed by atoms with van der Waals surface area (Å²) in [6.45, 7) is 3.18. The second-order valence-corrected chi connectivity index (χ2v) is 13.3. The maximum absolute atomic E-state index is 6.71. The quantitative estimate of drug-likeness (QED) is 0.156. The van der Waals surface area contributed by atoms with Gasteiger partial charge in [-0.15, -0.1) is 0 Å². The standard InChI is InChI=1S/C48H40O6/c1-5-13-37-33(9-1)17-21-41-45(37)47-39-15-7-3-11-35(39)19-23-43(47)53-31-32-54-44-24-20-36-12-4-8-16-40(36)48(44)46-38-14-6-2-10-34(38)18-22-42(46)52-30-28-50-26-25-49-27-29-51-41/h1-24H,25-32H2. The molecule has 6 heteroatoms. The number of ether oxygens (including phenoxy) is 6. The fourth-order valence-corrected chi connectivity index (χ4v) is 7.57. The molecule has 0 aliphatic carbocycles. The van der Waals surface area contributed by atoms with Crippen molar-refractivity contribution in [2.75, 3.05) is 52.9 Å². The van der Waals surface area contributed by atoms with E-state index in [1.165, 1.54) is 0 Å². The fourth-order valence-electron chi connectivity index (χ4n) is 7.57. The maximum atomic E-state index is 6.71. The molecule has 0 N–H and O–H groups in total. The van der Waals surface area contributed by atoms with E-state index in [-0.39, 0.29) is 0 Å². The average molecular weight is 713 g/mol. The molecule has 0 saturated heterocycles. The molecule has 0 saturated carbocycles. The van der Waals surface area contributed by atoms with E-state index in [0.29, 0.717) is 52.9 Å². The summed E-state index contributed by atoms with van der Waals surface area (Å²) < 4.78 is 38.3. The van der Waals surface area contributed by atoms with Gasteiger partial charge in [0.25, 0.3) is 0 Å². The molecule has 268 valence electrons. The molecule has 0 bridgehead atoms. The lowest BCUT2D eigenvalue weighted by molar-refractivity contribution is 0.0275. The number of benzene rings is 8. The smallest absolute Gasteiger partial charge is 0.128 e. The van der Waals surface area contributed by atoms with Crippen LogP contribution in [-0.2, 0) is 9.47 Å². The van der Waals surface area contributed by atoms with Gasteiger partial charge in [-0.1, -0.05) is 121 Å². The molecule has 8 aromatic rings. The molecule has 8 aromatic carbocycles. The van der Waals surface area contributed by atoms with Gasteiger partial charge in [0.1, 0.15) is 49.4 Å². The first kappa shape index (κ1) is 33.7. The molecule has 0 spiro atoms. The van der Waals surface area contributed by atoms with Crippen molar-refractivity contribution >= 4 is 43.1 Å². The molecule has 0 fully saturated rings. The van der Waals surface area contributed by atoms with Crippen molar-refractivity contribution < 1.29 is 28.4 Å². The molecule has 9 rings (SSSR count). The highest BCUT2D eigenvalue weighted by Crippen LogP contribution is 2.47. The second-order valence-electron chi connectivity index (χ2n) is 13.3. The Morgan fingerprint density at radius 1 is 0.241 bits per heavy atom. The van der Waals surface area contributed by atoms with Crippen LogP contribution in [0.4, 0.5) is 0 Å². The van der Waals surface area contributed by atoms with Crippen molar-refractivity contribution in [1.82, 2.24) is 0 Å². The van der Waals surface area contributed by atoms with Crippen LogP contribution in [-0.4, -0.2) is 52.9 Å². The average Bonchev–Trinajstić information content (AvgIpc) is 3.22. The second kappa shape index (κ2) is 15.5. The molecule has 54 heavy (non-hydrogen) atoms. The normalized spacial score (nSPS) is 14.5. The van der Waals surface area contributed by atoms with Gasteiger partial charge in [0.15, 0.2) is 0 Å². The van der Waals surface area contributed by atoms with E-state index in [0.717, 1.165) is 88.3 Å². The largest absolute Gasteiger partial charge is 0.491 e. The molecular formula is C48H40O6. The topological polar surface area (TPSA) is 55.4 Å². The Labute approximate surface area is 314 Å². The van der Waals surface area contributed by atoms with E-state index in [9.17, 15) is 0 Å². The van der Waals surface area contributed by atoms with Gasteiger partial charge in [0.2, 0.25) is 0 Å². The van der Waals surface area contributed by atoms with Crippen LogP contribution in [0, 0.1) is 0 Å². The van der Waals surface area contributed by atoms with Crippen LogP contribution in [0.1, 0.15) is 0 Å².